The first-order chi connectivity index (χ1) is 12.7. The number of anilines is 2. The van der Waals surface area contributed by atoms with E-state index in [1.54, 1.807) is 0 Å². The number of piperazine rings is 1. The summed E-state index contributed by atoms with van der Waals surface area (Å²) in [6.07, 6.45) is 4.73. The number of hydrogen-bond donors (Lipinski definition) is 0. The predicted octanol–water partition coefficient (Wildman–Crippen LogP) is 4.48. The van der Waals surface area contributed by atoms with Gasteiger partial charge in [0.05, 0.1) is 11.2 Å². The van der Waals surface area contributed by atoms with Crippen LogP contribution in [0.25, 0.3) is 11.0 Å². The van der Waals surface area contributed by atoms with Gasteiger partial charge in [-0.05, 0) is 48.7 Å². The van der Waals surface area contributed by atoms with E-state index in [0.717, 1.165) is 48.7 Å². The second-order valence-electron chi connectivity index (χ2n) is 6.76. The fourth-order valence-electron chi connectivity index (χ4n) is 3.64. The second-order valence-corrected chi connectivity index (χ2v) is 7.17. The summed E-state index contributed by atoms with van der Waals surface area (Å²) in [7, 11) is 0. The summed E-state index contributed by atoms with van der Waals surface area (Å²) in [6.45, 7) is 8.08. The highest BCUT2D eigenvalue weighted by Crippen LogP contribution is 2.28. The number of pyridine rings is 2. The molecule has 0 bridgehead atoms. The predicted molar refractivity (Wildman–Crippen MR) is 110 cm³/mol. The molecule has 1 fully saturated rings. The molecule has 3 heterocycles. The molecule has 26 heavy (non-hydrogen) atoms. The molecule has 5 heteroatoms. The fourth-order valence-corrected chi connectivity index (χ4v) is 3.95. The standard InChI is InChI=1S/C21H23ClN4/c1-3-16-4-5-17(14-18(16)22)25-10-12-26(13-11-25)19-7-9-23-20-15(2)6-8-24-21(19)20/h4-9,14H,3,10-13H2,1-2H3. The first kappa shape index (κ1) is 17.1. The molecule has 1 aliphatic heterocycles. The summed E-state index contributed by atoms with van der Waals surface area (Å²) < 4.78 is 0. The number of benzene rings is 1. The van der Waals surface area contributed by atoms with Gasteiger partial charge in [-0.15, -0.1) is 0 Å². The Morgan fingerprint density at radius 1 is 0.923 bits per heavy atom. The number of nitrogens with zero attached hydrogens (tertiary/aromatic N) is 4. The van der Waals surface area contributed by atoms with E-state index < -0.39 is 0 Å². The van der Waals surface area contributed by atoms with E-state index in [4.69, 9.17) is 11.6 Å². The minimum absolute atomic E-state index is 0.868. The Kier molecular flexibility index (Phi) is 4.68. The van der Waals surface area contributed by atoms with Gasteiger partial charge in [0, 0.05) is 49.3 Å². The zero-order valence-corrected chi connectivity index (χ0v) is 16.0. The molecule has 2 aromatic heterocycles. The van der Waals surface area contributed by atoms with E-state index in [1.807, 2.05) is 18.5 Å². The van der Waals surface area contributed by atoms with Gasteiger partial charge in [0.2, 0.25) is 0 Å². The van der Waals surface area contributed by atoms with Crippen molar-refractivity contribution in [1.29, 1.82) is 0 Å². The van der Waals surface area contributed by atoms with Crippen molar-refractivity contribution in [2.45, 2.75) is 20.3 Å². The third-order valence-electron chi connectivity index (χ3n) is 5.21. The zero-order valence-electron chi connectivity index (χ0n) is 15.2. The summed E-state index contributed by atoms with van der Waals surface area (Å²) in [5.74, 6) is 0. The SMILES string of the molecule is CCc1ccc(N2CCN(c3ccnc4c(C)ccnc34)CC2)cc1Cl. The minimum Gasteiger partial charge on any atom is -0.368 e. The van der Waals surface area contributed by atoms with Crippen LogP contribution in [0, 0.1) is 6.92 Å². The molecule has 0 radical (unpaired) electrons. The number of aryl methyl sites for hydroxylation is 2. The minimum atomic E-state index is 0.868. The number of fused-ring (bicyclic) bond motifs is 1. The van der Waals surface area contributed by atoms with Crippen molar-refractivity contribution >= 4 is 34.0 Å². The maximum absolute atomic E-state index is 6.40. The number of hydrogen-bond acceptors (Lipinski definition) is 4. The largest absolute Gasteiger partial charge is 0.368 e. The monoisotopic (exact) mass is 366 g/mol. The molecule has 1 aliphatic rings. The van der Waals surface area contributed by atoms with Gasteiger partial charge in [-0.2, -0.15) is 0 Å². The molecule has 0 atom stereocenters. The molecule has 1 aromatic carbocycles. The molecule has 4 rings (SSSR count). The molecule has 3 aromatic rings. The third kappa shape index (κ3) is 3.10. The van der Waals surface area contributed by atoms with Gasteiger partial charge in [0.25, 0.3) is 0 Å². The molecule has 0 spiro atoms. The smallest absolute Gasteiger partial charge is 0.112 e. The topological polar surface area (TPSA) is 32.3 Å². The van der Waals surface area contributed by atoms with E-state index in [-0.39, 0.29) is 0 Å². The van der Waals surface area contributed by atoms with Gasteiger partial charge in [-0.25, -0.2) is 0 Å². The first-order valence-electron chi connectivity index (χ1n) is 9.16. The van der Waals surface area contributed by atoms with Crippen LogP contribution in [-0.2, 0) is 6.42 Å². The lowest BCUT2D eigenvalue weighted by atomic mass is 10.1. The van der Waals surface area contributed by atoms with Crippen molar-refractivity contribution in [3.63, 3.8) is 0 Å². The van der Waals surface area contributed by atoms with Gasteiger partial charge >= 0.3 is 0 Å². The number of rotatable bonds is 3. The highest BCUT2D eigenvalue weighted by Gasteiger charge is 2.20. The Balaban J connectivity index is 1.54. The summed E-state index contributed by atoms with van der Waals surface area (Å²) >= 11 is 6.40. The van der Waals surface area contributed by atoms with Crippen LogP contribution in [0.15, 0.2) is 42.7 Å². The maximum atomic E-state index is 6.40. The summed E-state index contributed by atoms with van der Waals surface area (Å²) in [6, 6.07) is 10.5. The molecule has 0 amide bonds. The van der Waals surface area contributed by atoms with Crippen LogP contribution in [0.1, 0.15) is 18.1 Å². The van der Waals surface area contributed by atoms with Crippen LogP contribution in [-0.4, -0.2) is 36.1 Å². The van der Waals surface area contributed by atoms with Gasteiger partial charge in [0.1, 0.15) is 5.52 Å². The van der Waals surface area contributed by atoms with Gasteiger partial charge in [-0.3, -0.25) is 9.97 Å². The number of halogens is 1. The lowest BCUT2D eigenvalue weighted by Gasteiger charge is -2.37. The second kappa shape index (κ2) is 7.12. The maximum Gasteiger partial charge on any atom is 0.112 e. The highest BCUT2D eigenvalue weighted by molar-refractivity contribution is 6.31. The van der Waals surface area contributed by atoms with Crippen LogP contribution in [0.4, 0.5) is 11.4 Å². The van der Waals surface area contributed by atoms with E-state index in [2.05, 4.69) is 57.9 Å². The Hall–Kier alpha value is -2.33. The first-order valence-corrected chi connectivity index (χ1v) is 9.54. The fraction of sp³-hybridized carbons (Fsp3) is 0.333. The molecule has 134 valence electrons. The van der Waals surface area contributed by atoms with Crippen molar-refractivity contribution < 1.29 is 0 Å². The van der Waals surface area contributed by atoms with Crippen molar-refractivity contribution in [1.82, 2.24) is 9.97 Å². The lowest BCUT2D eigenvalue weighted by molar-refractivity contribution is 0.654. The molecule has 0 saturated carbocycles. The molecule has 0 N–H and O–H groups in total. The zero-order chi connectivity index (χ0) is 18.1. The Morgan fingerprint density at radius 3 is 2.35 bits per heavy atom. The van der Waals surface area contributed by atoms with Crippen LogP contribution < -0.4 is 9.80 Å². The van der Waals surface area contributed by atoms with Crippen molar-refractivity contribution in [3.8, 4) is 0 Å². The van der Waals surface area contributed by atoms with Crippen LogP contribution in [0.3, 0.4) is 0 Å². The van der Waals surface area contributed by atoms with Gasteiger partial charge in [0.15, 0.2) is 0 Å². The van der Waals surface area contributed by atoms with Crippen LogP contribution in [0.2, 0.25) is 5.02 Å². The van der Waals surface area contributed by atoms with E-state index >= 15 is 0 Å². The van der Waals surface area contributed by atoms with Crippen LogP contribution >= 0.6 is 11.6 Å². The van der Waals surface area contributed by atoms with E-state index in [0.29, 0.717) is 0 Å². The van der Waals surface area contributed by atoms with Crippen molar-refractivity contribution in [2.75, 3.05) is 36.0 Å². The summed E-state index contributed by atoms with van der Waals surface area (Å²) in [4.78, 5) is 13.9. The molecule has 0 aliphatic carbocycles. The molecule has 1 saturated heterocycles. The highest BCUT2D eigenvalue weighted by atomic mass is 35.5. The van der Waals surface area contributed by atoms with Gasteiger partial charge < -0.3 is 9.80 Å². The lowest BCUT2D eigenvalue weighted by Crippen LogP contribution is -2.46. The molecular weight excluding hydrogens is 344 g/mol. The summed E-state index contributed by atoms with van der Waals surface area (Å²) in [5, 5.41) is 0.868. The third-order valence-corrected chi connectivity index (χ3v) is 5.56. The van der Waals surface area contributed by atoms with Gasteiger partial charge in [-0.1, -0.05) is 24.6 Å². The molecule has 4 nitrogen and oxygen atoms in total. The van der Waals surface area contributed by atoms with Crippen LogP contribution in [0.5, 0.6) is 0 Å². The summed E-state index contributed by atoms with van der Waals surface area (Å²) in [5.41, 5.74) is 6.75. The normalized spacial score (nSPS) is 14.9. The molecular formula is C21H23ClN4. The Bertz CT molecular complexity index is 932. The average Bonchev–Trinajstić information content (AvgIpc) is 2.68. The number of aromatic nitrogens is 2. The van der Waals surface area contributed by atoms with E-state index in [1.165, 1.54) is 22.5 Å². The van der Waals surface area contributed by atoms with Crippen molar-refractivity contribution in [3.05, 3.63) is 58.9 Å². The Labute approximate surface area is 159 Å². The van der Waals surface area contributed by atoms with Crippen molar-refractivity contribution in [2.24, 2.45) is 0 Å². The van der Waals surface area contributed by atoms with E-state index in [9.17, 15) is 0 Å². The molecule has 0 unspecified atom stereocenters. The average molecular weight is 367 g/mol. The quantitative estimate of drug-likeness (QED) is 0.684. The Morgan fingerprint density at radius 2 is 1.62 bits per heavy atom.